The van der Waals surface area contributed by atoms with Crippen LogP contribution in [0.25, 0.3) is 0 Å². The zero-order chi connectivity index (χ0) is 19.8. The van der Waals surface area contributed by atoms with E-state index in [4.69, 9.17) is 12.6 Å². The summed E-state index contributed by atoms with van der Waals surface area (Å²) in [5.41, 5.74) is 2.97. The van der Waals surface area contributed by atoms with E-state index in [2.05, 4.69) is 26.8 Å². The van der Waals surface area contributed by atoms with Gasteiger partial charge in [-0.15, -0.1) is 0 Å². The monoisotopic (exact) mass is 402 g/mol. The minimum Gasteiger partial charge on any atom is -0.176 e. The van der Waals surface area contributed by atoms with Crippen molar-refractivity contribution in [1.29, 1.82) is 0 Å². The summed E-state index contributed by atoms with van der Waals surface area (Å²) >= 11 is 4.84. The summed E-state index contributed by atoms with van der Waals surface area (Å²) in [7, 11) is 0. The SMILES string of the molecule is CCCCCCCC[C@@H]1CC[C@@H]2[C@@H]3CC=C4C[C@H](S)CC[C@]4(C)[C@@H]3CC[C@]12C. The summed E-state index contributed by atoms with van der Waals surface area (Å²) in [4.78, 5) is 0. The van der Waals surface area contributed by atoms with Gasteiger partial charge in [-0.25, -0.2) is 0 Å². The summed E-state index contributed by atoms with van der Waals surface area (Å²) in [5, 5.41) is 0.623. The molecular formula is C27H46S. The fourth-order valence-corrected chi connectivity index (χ4v) is 8.72. The third kappa shape index (κ3) is 3.76. The highest BCUT2D eigenvalue weighted by molar-refractivity contribution is 7.80. The van der Waals surface area contributed by atoms with E-state index < -0.39 is 0 Å². The molecule has 28 heavy (non-hydrogen) atoms. The van der Waals surface area contributed by atoms with Gasteiger partial charge in [0, 0.05) is 5.25 Å². The Morgan fingerprint density at radius 3 is 2.54 bits per heavy atom. The Morgan fingerprint density at radius 1 is 0.929 bits per heavy atom. The Labute approximate surface area is 181 Å². The van der Waals surface area contributed by atoms with Crippen LogP contribution in [-0.2, 0) is 0 Å². The molecule has 0 saturated heterocycles. The summed E-state index contributed by atoms with van der Waals surface area (Å²) in [6, 6.07) is 0. The highest BCUT2D eigenvalue weighted by Gasteiger charge is 2.58. The maximum atomic E-state index is 4.84. The maximum Gasteiger partial charge on any atom is 0.00545 e. The number of fused-ring (bicyclic) bond motifs is 5. The Hall–Kier alpha value is 0.0900. The quantitative estimate of drug-likeness (QED) is 0.246. The fraction of sp³-hybridized carbons (Fsp3) is 0.926. The number of allylic oxidation sites excluding steroid dienone is 2. The van der Waals surface area contributed by atoms with Gasteiger partial charge in [0.1, 0.15) is 0 Å². The lowest BCUT2D eigenvalue weighted by atomic mass is 9.47. The molecule has 0 N–H and O–H groups in total. The van der Waals surface area contributed by atoms with E-state index in [1.807, 2.05) is 0 Å². The van der Waals surface area contributed by atoms with E-state index in [0.29, 0.717) is 16.1 Å². The summed E-state index contributed by atoms with van der Waals surface area (Å²) in [6.45, 7) is 7.68. The Bertz CT molecular complexity index is 565. The molecule has 0 nitrogen and oxygen atoms in total. The van der Waals surface area contributed by atoms with E-state index in [1.165, 1.54) is 96.3 Å². The number of hydrogen-bond acceptors (Lipinski definition) is 1. The average Bonchev–Trinajstić information content (AvgIpc) is 3.01. The summed E-state index contributed by atoms with van der Waals surface area (Å²) in [6.07, 6.45) is 24.5. The number of unbranched alkanes of at least 4 members (excludes halogenated alkanes) is 5. The van der Waals surface area contributed by atoms with E-state index in [0.717, 1.165) is 23.7 Å². The highest BCUT2D eigenvalue weighted by atomic mass is 32.1. The normalized spacial score (nSPS) is 45.1. The number of thiol groups is 1. The molecule has 4 rings (SSSR count). The molecule has 0 aromatic heterocycles. The molecule has 3 saturated carbocycles. The minimum absolute atomic E-state index is 0.515. The third-order valence-electron chi connectivity index (χ3n) is 10.2. The van der Waals surface area contributed by atoms with Gasteiger partial charge in [0.15, 0.2) is 0 Å². The van der Waals surface area contributed by atoms with Crippen LogP contribution in [0.3, 0.4) is 0 Å². The smallest absolute Gasteiger partial charge is 0.00545 e. The minimum atomic E-state index is 0.515. The zero-order valence-corrected chi connectivity index (χ0v) is 19.9. The van der Waals surface area contributed by atoms with Gasteiger partial charge in [0.05, 0.1) is 0 Å². The van der Waals surface area contributed by atoms with Crippen molar-refractivity contribution in [3.05, 3.63) is 11.6 Å². The lowest BCUT2D eigenvalue weighted by Gasteiger charge is -2.58. The molecule has 0 unspecified atom stereocenters. The second-order valence-electron chi connectivity index (χ2n) is 11.5. The van der Waals surface area contributed by atoms with Crippen LogP contribution in [0.4, 0.5) is 0 Å². The second kappa shape index (κ2) is 8.68. The van der Waals surface area contributed by atoms with Gasteiger partial charge in [-0.1, -0.05) is 70.9 Å². The zero-order valence-electron chi connectivity index (χ0n) is 19.0. The van der Waals surface area contributed by atoms with Crippen molar-refractivity contribution in [1.82, 2.24) is 0 Å². The van der Waals surface area contributed by atoms with Gasteiger partial charge in [-0.05, 0) is 92.3 Å². The van der Waals surface area contributed by atoms with E-state index >= 15 is 0 Å². The molecule has 0 aromatic rings. The third-order valence-corrected chi connectivity index (χ3v) is 10.6. The first-order chi connectivity index (χ1) is 13.5. The van der Waals surface area contributed by atoms with Crippen molar-refractivity contribution in [2.45, 2.75) is 122 Å². The van der Waals surface area contributed by atoms with E-state index in [1.54, 1.807) is 5.57 Å². The first-order valence-corrected chi connectivity index (χ1v) is 13.4. The van der Waals surface area contributed by atoms with Crippen LogP contribution in [-0.4, -0.2) is 5.25 Å². The Balaban J connectivity index is 1.39. The average molecular weight is 403 g/mol. The molecule has 0 heterocycles. The molecular weight excluding hydrogens is 356 g/mol. The standard InChI is InChI=1S/C27H46S/c1-4-5-6-7-8-9-10-20-12-14-24-23-13-11-21-19-22(28)15-17-27(21,3)25(23)16-18-26(20,24)2/h11,20,22-25,28H,4-10,12-19H2,1-3H3/t20-,22-,23+,24-,25-,26-,27+/m1/s1. The van der Waals surface area contributed by atoms with Crippen LogP contribution in [0.15, 0.2) is 11.6 Å². The lowest BCUT2D eigenvalue weighted by Crippen LogP contribution is -2.50. The van der Waals surface area contributed by atoms with Crippen molar-refractivity contribution in [2.24, 2.45) is 34.5 Å². The molecule has 160 valence electrons. The lowest BCUT2D eigenvalue weighted by molar-refractivity contribution is -0.0421. The molecule has 7 atom stereocenters. The molecule has 3 fully saturated rings. The summed E-state index contributed by atoms with van der Waals surface area (Å²) < 4.78 is 0. The first kappa shape index (κ1) is 21.3. The second-order valence-corrected chi connectivity index (χ2v) is 12.3. The number of rotatable bonds is 7. The predicted octanol–water partition coefficient (Wildman–Crippen LogP) is 8.61. The predicted molar refractivity (Wildman–Crippen MR) is 126 cm³/mol. The van der Waals surface area contributed by atoms with E-state index in [9.17, 15) is 0 Å². The van der Waals surface area contributed by atoms with Crippen LogP contribution < -0.4 is 0 Å². The fourth-order valence-electron chi connectivity index (χ4n) is 8.40. The molecule has 0 aliphatic heterocycles. The first-order valence-electron chi connectivity index (χ1n) is 12.9. The van der Waals surface area contributed by atoms with Crippen molar-refractivity contribution < 1.29 is 0 Å². The maximum absolute atomic E-state index is 4.84. The van der Waals surface area contributed by atoms with Crippen molar-refractivity contribution >= 4 is 12.6 Å². The molecule has 0 spiro atoms. The highest BCUT2D eigenvalue weighted by Crippen LogP contribution is 2.66. The Kier molecular flexibility index (Phi) is 6.61. The van der Waals surface area contributed by atoms with Crippen LogP contribution in [0.5, 0.6) is 0 Å². The molecule has 1 heteroatoms. The van der Waals surface area contributed by atoms with Gasteiger partial charge in [-0.2, -0.15) is 12.6 Å². The summed E-state index contributed by atoms with van der Waals surface area (Å²) in [5.74, 6) is 3.99. The molecule has 0 aromatic carbocycles. The molecule has 0 radical (unpaired) electrons. The topological polar surface area (TPSA) is 0 Å². The van der Waals surface area contributed by atoms with Crippen molar-refractivity contribution in [2.75, 3.05) is 0 Å². The Morgan fingerprint density at radius 2 is 1.71 bits per heavy atom. The molecule has 4 aliphatic rings. The van der Waals surface area contributed by atoms with Crippen LogP contribution in [0, 0.1) is 34.5 Å². The molecule has 0 bridgehead atoms. The van der Waals surface area contributed by atoms with Crippen LogP contribution >= 0.6 is 12.6 Å². The molecule has 4 aliphatic carbocycles. The van der Waals surface area contributed by atoms with Crippen molar-refractivity contribution in [3.63, 3.8) is 0 Å². The van der Waals surface area contributed by atoms with E-state index in [-0.39, 0.29) is 0 Å². The van der Waals surface area contributed by atoms with Gasteiger partial charge >= 0.3 is 0 Å². The largest absolute Gasteiger partial charge is 0.176 e. The van der Waals surface area contributed by atoms with Crippen LogP contribution in [0.1, 0.15) is 117 Å². The van der Waals surface area contributed by atoms with Crippen molar-refractivity contribution in [3.8, 4) is 0 Å². The van der Waals surface area contributed by atoms with Gasteiger partial charge in [0.2, 0.25) is 0 Å². The van der Waals surface area contributed by atoms with Gasteiger partial charge < -0.3 is 0 Å². The molecule has 0 amide bonds. The van der Waals surface area contributed by atoms with Gasteiger partial charge in [0.25, 0.3) is 0 Å². The number of hydrogen-bond donors (Lipinski definition) is 1. The van der Waals surface area contributed by atoms with Crippen LogP contribution in [0.2, 0.25) is 0 Å². The van der Waals surface area contributed by atoms with Gasteiger partial charge in [-0.3, -0.25) is 0 Å².